The van der Waals surface area contributed by atoms with Gasteiger partial charge in [-0.15, -0.1) is 5.01 Å². The lowest BCUT2D eigenvalue weighted by molar-refractivity contribution is -0.882. The largest absolute Gasteiger partial charge is 0.602 e. The lowest BCUT2D eigenvalue weighted by Crippen LogP contribution is -2.39. The molecule has 0 saturated carbocycles. The Bertz CT molecular complexity index is 244. The molecule has 0 fully saturated rings. The monoisotopic (exact) mass is 190 g/mol. The van der Waals surface area contributed by atoms with Crippen molar-refractivity contribution in [3.63, 3.8) is 0 Å². The molecule has 12 heavy (non-hydrogen) atoms. The fourth-order valence-electron chi connectivity index (χ4n) is 0.774. The lowest BCUT2D eigenvalue weighted by atomic mass is 10.6. The molecular weight excluding hydrogens is 184 g/mol. The van der Waals surface area contributed by atoms with Crippen molar-refractivity contribution >= 4 is 17.0 Å². The van der Waals surface area contributed by atoms with Gasteiger partial charge in [-0.3, -0.25) is 4.79 Å². The number of carbonyl (C=O) groups excluding carboxylic acids is 1. The molecule has 6 nitrogen and oxygen atoms in total. The number of rotatable bonds is 2. The highest BCUT2D eigenvalue weighted by molar-refractivity contribution is 6.62. The smallest absolute Gasteiger partial charge is 0.343 e. The van der Waals surface area contributed by atoms with Gasteiger partial charge in [0.2, 0.25) is 6.67 Å². The minimum Gasteiger partial charge on any atom is -0.602 e. The topological polar surface area (TPSA) is 68.1 Å². The predicted molar refractivity (Wildman–Crippen MR) is 41.5 cm³/mol. The van der Waals surface area contributed by atoms with Crippen molar-refractivity contribution in [1.29, 1.82) is 0 Å². The van der Waals surface area contributed by atoms with Gasteiger partial charge in [0.25, 0.3) is 0 Å². The van der Waals surface area contributed by atoms with E-state index >= 15 is 0 Å². The zero-order valence-electron chi connectivity index (χ0n) is 6.18. The molecule has 0 saturated heterocycles. The molecular formula is C5H7ClN4O2. The number of hydroxylamine groups is 2. The Morgan fingerprint density at radius 1 is 1.92 bits per heavy atom. The molecule has 7 heteroatoms. The Morgan fingerprint density at radius 2 is 2.58 bits per heavy atom. The van der Waals surface area contributed by atoms with Crippen LogP contribution in [0.1, 0.15) is 0 Å². The van der Waals surface area contributed by atoms with Crippen LogP contribution in [-0.4, -0.2) is 28.3 Å². The second-order valence-electron chi connectivity index (χ2n) is 2.29. The Morgan fingerprint density at radius 3 is 3.00 bits per heavy atom. The van der Waals surface area contributed by atoms with Crippen molar-refractivity contribution < 1.29 is 9.55 Å². The van der Waals surface area contributed by atoms with Crippen LogP contribution in [0.5, 0.6) is 0 Å². The summed E-state index contributed by atoms with van der Waals surface area (Å²) >= 11 is 5.07. The highest BCUT2D eigenvalue weighted by Crippen LogP contribution is 2.17. The van der Waals surface area contributed by atoms with Crippen LogP contribution in [0.3, 0.4) is 0 Å². The predicted octanol–water partition coefficient (Wildman–Crippen LogP) is 1.40. The molecule has 1 aliphatic rings. The fourth-order valence-corrected chi connectivity index (χ4v) is 0.861. The lowest BCUT2D eigenvalue weighted by Gasteiger charge is -2.28. The average molecular weight is 191 g/mol. The van der Waals surface area contributed by atoms with Crippen LogP contribution in [0.4, 0.5) is 4.79 Å². The molecule has 0 aromatic heterocycles. The first-order chi connectivity index (χ1) is 5.57. The Balaban J connectivity index is 2.62. The first-order valence-corrected chi connectivity index (χ1v) is 3.54. The minimum atomic E-state index is -0.956. The Labute approximate surface area is 73.8 Å². The molecule has 0 spiro atoms. The van der Waals surface area contributed by atoms with Gasteiger partial charge in [0.15, 0.2) is 0 Å². The Kier molecular flexibility index (Phi) is 2.41. The SMILES string of the molecule is C=CC[N+]1([O-])CN(C(=O)Cl)N=N1. The summed E-state index contributed by atoms with van der Waals surface area (Å²) in [5.74, 6) is 0. The van der Waals surface area contributed by atoms with E-state index in [1.807, 2.05) is 0 Å². The molecule has 0 aromatic rings. The highest BCUT2D eigenvalue weighted by atomic mass is 35.5. The van der Waals surface area contributed by atoms with E-state index in [-0.39, 0.29) is 13.2 Å². The maximum Gasteiger partial charge on any atom is 0.343 e. The number of nitrogens with zero attached hydrogens (tertiary/aromatic N) is 4. The quantitative estimate of drug-likeness (QED) is 0.217. The van der Waals surface area contributed by atoms with E-state index in [9.17, 15) is 10.0 Å². The van der Waals surface area contributed by atoms with Crippen LogP contribution in [0.15, 0.2) is 23.1 Å². The van der Waals surface area contributed by atoms with Gasteiger partial charge in [0.05, 0.1) is 5.22 Å². The van der Waals surface area contributed by atoms with E-state index in [1.54, 1.807) is 0 Å². The normalized spacial score (nSPS) is 27.7. The summed E-state index contributed by atoms with van der Waals surface area (Å²) in [5.41, 5.74) is 0. The zero-order chi connectivity index (χ0) is 9.19. The van der Waals surface area contributed by atoms with Crippen molar-refractivity contribution in [1.82, 2.24) is 5.01 Å². The molecule has 1 heterocycles. The zero-order valence-corrected chi connectivity index (χ0v) is 6.94. The maximum atomic E-state index is 11.4. The summed E-state index contributed by atoms with van der Waals surface area (Å²) < 4.78 is -0.956. The van der Waals surface area contributed by atoms with Crippen LogP contribution in [0, 0.1) is 5.21 Å². The number of carbonyl (C=O) groups is 1. The molecule has 1 amide bonds. The van der Waals surface area contributed by atoms with Crippen LogP contribution in [-0.2, 0) is 0 Å². The third kappa shape index (κ3) is 1.79. The summed E-state index contributed by atoms with van der Waals surface area (Å²) in [4.78, 5) is 10.5. The summed E-state index contributed by atoms with van der Waals surface area (Å²) in [6, 6.07) is 0. The van der Waals surface area contributed by atoms with E-state index in [0.717, 1.165) is 5.01 Å². The van der Waals surface area contributed by atoms with Gasteiger partial charge in [0.1, 0.15) is 6.54 Å². The van der Waals surface area contributed by atoms with Crippen molar-refractivity contribution in [2.75, 3.05) is 13.2 Å². The van der Waals surface area contributed by atoms with E-state index in [2.05, 4.69) is 17.0 Å². The highest BCUT2D eigenvalue weighted by Gasteiger charge is 2.29. The summed E-state index contributed by atoms with van der Waals surface area (Å²) in [6.45, 7) is 3.27. The van der Waals surface area contributed by atoms with E-state index in [4.69, 9.17) is 11.6 Å². The van der Waals surface area contributed by atoms with E-state index < -0.39 is 10.1 Å². The van der Waals surface area contributed by atoms with Crippen LogP contribution in [0.2, 0.25) is 0 Å². The van der Waals surface area contributed by atoms with Gasteiger partial charge >= 0.3 is 5.37 Å². The summed E-state index contributed by atoms with van der Waals surface area (Å²) in [5, 5.41) is 18.0. The summed E-state index contributed by atoms with van der Waals surface area (Å²) in [7, 11) is 0. The van der Waals surface area contributed by atoms with Gasteiger partial charge in [-0.2, -0.15) is 4.76 Å². The number of hydrogen-bond acceptors (Lipinski definition) is 4. The molecule has 1 atom stereocenters. The molecule has 0 bridgehead atoms. The van der Waals surface area contributed by atoms with Gasteiger partial charge < -0.3 is 5.21 Å². The molecule has 1 aliphatic heterocycles. The van der Waals surface area contributed by atoms with Crippen molar-refractivity contribution in [2.45, 2.75) is 0 Å². The van der Waals surface area contributed by atoms with Gasteiger partial charge in [0, 0.05) is 0 Å². The van der Waals surface area contributed by atoms with Crippen LogP contribution >= 0.6 is 11.6 Å². The van der Waals surface area contributed by atoms with E-state index in [0.29, 0.717) is 0 Å². The number of amides is 1. The Hall–Kier alpha value is -0.980. The number of quaternary nitrogens is 1. The standard InChI is InChI=1S/C5H7ClN4O2/c1-2-3-10(12)4-9(5(6)11)7-8-10/h2H,1,3-4H2. The third-order valence-corrected chi connectivity index (χ3v) is 1.48. The third-order valence-electron chi connectivity index (χ3n) is 1.28. The van der Waals surface area contributed by atoms with Crippen LogP contribution in [0.25, 0.3) is 0 Å². The number of halogens is 1. The molecule has 0 aliphatic carbocycles. The van der Waals surface area contributed by atoms with Gasteiger partial charge in [-0.1, -0.05) is 6.58 Å². The average Bonchev–Trinajstić information content (AvgIpc) is 2.33. The van der Waals surface area contributed by atoms with Crippen molar-refractivity contribution in [2.24, 2.45) is 10.4 Å². The molecule has 0 aromatic carbocycles. The first-order valence-electron chi connectivity index (χ1n) is 3.16. The molecule has 0 N–H and O–H groups in total. The van der Waals surface area contributed by atoms with E-state index in [1.165, 1.54) is 6.08 Å². The van der Waals surface area contributed by atoms with Gasteiger partial charge in [-0.25, -0.2) is 0 Å². The van der Waals surface area contributed by atoms with Crippen molar-refractivity contribution in [3.8, 4) is 0 Å². The number of hydrogen-bond donors (Lipinski definition) is 0. The summed E-state index contributed by atoms with van der Waals surface area (Å²) in [6.07, 6.45) is 1.41. The molecule has 1 rings (SSSR count). The second kappa shape index (κ2) is 3.18. The second-order valence-corrected chi connectivity index (χ2v) is 2.61. The van der Waals surface area contributed by atoms with Gasteiger partial charge in [-0.05, 0) is 22.9 Å². The van der Waals surface area contributed by atoms with Crippen LogP contribution < -0.4 is 0 Å². The first kappa shape index (κ1) is 9.11. The molecule has 66 valence electrons. The fraction of sp³-hybridized carbons (Fsp3) is 0.400. The van der Waals surface area contributed by atoms with Crippen molar-refractivity contribution in [3.05, 3.63) is 17.9 Å². The maximum absolute atomic E-state index is 11.4. The minimum absolute atomic E-state index is 0.0736. The molecule has 0 radical (unpaired) electrons. The molecule has 1 unspecified atom stereocenters.